The quantitative estimate of drug-likeness (QED) is 0.400. The van der Waals surface area contributed by atoms with Gasteiger partial charge in [-0.1, -0.05) is 35.0 Å². The zero-order valence-corrected chi connectivity index (χ0v) is 16.9. The Balaban J connectivity index is 1.52. The van der Waals surface area contributed by atoms with Gasteiger partial charge in [0.15, 0.2) is 0 Å². The van der Waals surface area contributed by atoms with Crippen LogP contribution in [0.4, 0.5) is 8.78 Å². The summed E-state index contributed by atoms with van der Waals surface area (Å²) in [6.45, 7) is 5.53. The first kappa shape index (κ1) is 19.8. The predicted octanol–water partition coefficient (Wildman–Crippen LogP) is 5.86. The van der Waals surface area contributed by atoms with Crippen molar-refractivity contribution in [3.63, 3.8) is 0 Å². The van der Waals surface area contributed by atoms with E-state index in [-0.39, 0.29) is 5.75 Å². The molecule has 0 aliphatic heterocycles. The molecule has 0 amide bonds. The second-order valence-corrected chi connectivity index (χ2v) is 7.34. The third kappa shape index (κ3) is 4.56. The SMILES string of the molecule is Cc1ccc(Cn2cc(-c3nc(-c4ccc(OC(C)(F)F)cc4)no3)cc2C)cc1. The molecule has 0 saturated heterocycles. The molecule has 0 aliphatic rings. The van der Waals surface area contributed by atoms with Crippen molar-refractivity contribution in [2.24, 2.45) is 0 Å². The lowest BCUT2D eigenvalue weighted by atomic mass is 10.1. The van der Waals surface area contributed by atoms with Crippen molar-refractivity contribution in [2.75, 3.05) is 0 Å². The van der Waals surface area contributed by atoms with E-state index in [1.54, 1.807) is 12.1 Å². The molecule has 7 heteroatoms. The van der Waals surface area contributed by atoms with E-state index in [9.17, 15) is 8.78 Å². The van der Waals surface area contributed by atoms with Gasteiger partial charge in [0.2, 0.25) is 5.82 Å². The summed E-state index contributed by atoms with van der Waals surface area (Å²) in [7, 11) is 0. The van der Waals surface area contributed by atoms with Crippen molar-refractivity contribution in [3.8, 4) is 28.6 Å². The second kappa shape index (κ2) is 7.74. The van der Waals surface area contributed by atoms with Crippen LogP contribution in [0.5, 0.6) is 5.75 Å². The molecular formula is C23H21F2N3O2. The fraction of sp³-hybridized carbons (Fsp3) is 0.217. The van der Waals surface area contributed by atoms with Crippen molar-refractivity contribution in [1.29, 1.82) is 0 Å². The average molecular weight is 409 g/mol. The first-order valence-corrected chi connectivity index (χ1v) is 9.50. The summed E-state index contributed by atoms with van der Waals surface area (Å²) in [5.41, 5.74) is 4.98. The van der Waals surface area contributed by atoms with Gasteiger partial charge < -0.3 is 13.8 Å². The van der Waals surface area contributed by atoms with E-state index < -0.39 is 6.11 Å². The number of hydrogen-bond donors (Lipinski definition) is 0. The molecule has 0 fully saturated rings. The van der Waals surface area contributed by atoms with Gasteiger partial charge in [-0.15, -0.1) is 0 Å². The first-order chi connectivity index (χ1) is 14.3. The van der Waals surface area contributed by atoms with E-state index in [4.69, 9.17) is 4.52 Å². The van der Waals surface area contributed by atoms with Crippen LogP contribution in [0.25, 0.3) is 22.8 Å². The Morgan fingerprint density at radius 2 is 1.70 bits per heavy atom. The molecule has 0 bridgehead atoms. The Kier molecular flexibility index (Phi) is 5.11. The first-order valence-electron chi connectivity index (χ1n) is 9.50. The monoisotopic (exact) mass is 409 g/mol. The second-order valence-electron chi connectivity index (χ2n) is 7.34. The molecule has 0 N–H and O–H groups in total. The molecule has 2 aromatic heterocycles. The molecular weight excluding hydrogens is 388 g/mol. The summed E-state index contributed by atoms with van der Waals surface area (Å²) in [5, 5.41) is 4.02. The number of hydrogen-bond acceptors (Lipinski definition) is 4. The molecule has 2 heterocycles. The highest BCUT2D eigenvalue weighted by molar-refractivity contribution is 5.60. The fourth-order valence-corrected chi connectivity index (χ4v) is 3.13. The van der Waals surface area contributed by atoms with Crippen LogP contribution in [-0.2, 0) is 6.54 Å². The van der Waals surface area contributed by atoms with E-state index >= 15 is 0 Å². The third-order valence-electron chi connectivity index (χ3n) is 4.67. The van der Waals surface area contributed by atoms with Crippen molar-refractivity contribution in [3.05, 3.63) is 77.6 Å². The van der Waals surface area contributed by atoms with Gasteiger partial charge in [-0.2, -0.15) is 13.8 Å². The van der Waals surface area contributed by atoms with E-state index in [0.29, 0.717) is 24.2 Å². The highest BCUT2D eigenvalue weighted by atomic mass is 19.3. The van der Waals surface area contributed by atoms with E-state index in [1.807, 2.05) is 19.2 Å². The smallest absolute Gasteiger partial charge is 0.394 e. The third-order valence-corrected chi connectivity index (χ3v) is 4.67. The maximum atomic E-state index is 12.9. The Morgan fingerprint density at radius 1 is 1.00 bits per heavy atom. The van der Waals surface area contributed by atoms with Crippen LogP contribution < -0.4 is 4.74 Å². The maximum absolute atomic E-state index is 12.9. The summed E-state index contributed by atoms with van der Waals surface area (Å²) in [6.07, 6.45) is -1.25. The minimum absolute atomic E-state index is 0.0683. The Hall–Kier alpha value is -3.48. The van der Waals surface area contributed by atoms with Crippen LogP contribution in [0.15, 0.2) is 65.3 Å². The zero-order valence-electron chi connectivity index (χ0n) is 16.9. The predicted molar refractivity (Wildman–Crippen MR) is 109 cm³/mol. The fourth-order valence-electron chi connectivity index (χ4n) is 3.13. The Morgan fingerprint density at radius 3 is 2.37 bits per heavy atom. The summed E-state index contributed by atoms with van der Waals surface area (Å²) in [4.78, 5) is 4.45. The van der Waals surface area contributed by atoms with Crippen LogP contribution in [-0.4, -0.2) is 20.8 Å². The lowest BCUT2D eigenvalue weighted by Crippen LogP contribution is -2.18. The average Bonchev–Trinajstić information content (AvgIpc) is 3.30. The molecule has 154 valence electrons. The molecule has 0 atom stereocenters. The number of benzene rings is 2. The van der Waals surface area contributed by atoms with Crippen molar-refractivity contribution < 1.29 is 18.0 Å². The number of aromatic nitrogens is 3. The van der Waals surface area contributed by atoms with E-state index in [0.717, 1.165) is 17.8 Å². The number of alkyl halides is 2. The van der Waals surface area contributed by atoms with Gasteiger partial charge in [-0.3, -0.25) is 0 Å². The number of rotatable bonds is 6. The number of aryl methyl sites for hydroxylation is 2. The summed E-state index contributed by atoms with van der Waals surface area (Å²) >= 11 is 0. The molecule has 0 saturated carbocycles. The topological polar surface area (TPSA) is 53.1 Å². The molecule has 0 unspecified atom stereocenters. The van der Waals surface area contributed by atoms with Crippen molar-refractivity contribution >= 4 is 0 Å². The van der Waals surface area contributed by atoms with Gasteiger partial charge in [0.1, 0.15) is 5.75 Å². The Bertz CT molecular complexity index is 1140. The van der Waals surface area contributed by atoms with Crippen LogP contribution in [0.1, 0.15) is 23.7 Å². The van der Waals surface area contributed by atoms with Gasteiger partial charge in [-0.05, 0) is 49.7 Å². The maximum Gasteiger partial charge on any atom is 0.394 e. The van der Waals surface area contributed by atoms with Gasteiger partial charge in [0, 0.05) is 30.9 Å². The van der Waals surface area contributed by atoms with Crippen LogP contribution in [0.3, 0.4) is 0 Å². The molecule has 4 aromatic rings. The van der Waals surface area contributed by atoms with Crippen LogP contribution in [0.2, 0.25) is 0 Å². The van der Waals surface area contributed by atoms with Crippen LogP contribution >= 0.6 is 0 Å². The minimum atomic E-state index is -3.23. The minimum Gasteiger partial charge on any atom is -0.433 e. The van der Waals surface area contributed by atoms with Gasteiger partial charge in [0.25, 0.3) is 5.89 Å². The Labute approximate surface area is 172 Å². The largest absolute Gasteiger partial charge is 0.433 e. The molecule has 4 rings (SSSR count). The molecule has 5 nitrogen and oxygen atoms in total. The molecule has 0 spiro atoms. The van der Waals surface area contributed by atoms with Crippen molar-refractivity contribution in [2.45, 2.75) is 33.4 Å². The summed E-state index contributed by atoms with van der Waals surface area (Å²) in [5.74, 6) is 0.846. The zero-order chi connectivity index (χ0) is 21.3. The molecule has 0 aliphatic carbocycles. The molecule has 2 aromatic carbocycles. The number of halogens is 2. The number of nitrogens with zero attached hydrogens (tertiary/aromatic N) is 3. The summed E-state index contributed by atoms with van der Waals surface area (Å²) in [6, 6.07) is 16.5. The van der Waals surface area contributed by atoms with E-state index in [1.165, 1.54) is 23.3 Å². The van der Waals surface area contributed by atoms with Gasteiger partial charge in [-0.25, -0.2) is 0 Å². The van der Waals surface area contributed by atoms with Gasteiger partial charge >= 0.3 is 6.11 Å². The standard InChI is InChI=1S/C23H21F2N3O2/c1-15-4-6-17(7-5-15)13-28-14-19(12-16(28)2)22-26-21(27-30-22)18-8-10-20(11-9-18)29-23(3,24)25/h4-12,14H,13H2,1-3H3. The van der Waals surface area contributed by atoms with E-state index in [2.05, 4.69) is 50.6 Å². The lowest BCUT2D eigenvalue weighted by molar-refractivity contribution is -0.158. The number of ether oxygens (including phenoxy) is 1. The van der Waals surface area contributed by atoms with Gasteiger partial charge in [0.05, 0.1) is 5.56 Å². The van der Waals surface area contributed by atoms with Crippen LogP contribution in [0, 0.1) is 13.8 Å². The lowest BCUT2D eigenvalue weighted by Gasteiger charge is -2.12. The van der Waals surface area contributed by atoms with Crippen molar-refractivity contribution in [1.82, 2.24) is 14.7 Å². The normalized spacial score (nSPS) is 11.6. The summed E-state index contributed by atoms with van der Waals surface area (Å²) < 4.78 is 38.0. The highest BCUT2D eigenvalue weighted by Gasteiger charge is 2.23. The highest BCUT2D eigenvalue weighted by Crippen LogP contribution is 2.27. The molecule has 30 heavy (non-hydrogen) atoms. The molecule has 0 radical (unpaired) electrons.